The first-order chi connectivity index (χ1) is 14.2. The summed E-state index contributed by atoms with van der Waals surface area (Å²) in [6, 6.07) is 9.25. The van der Waals surface area contributed by atoms with Crippen LogP contribution < -0.4 is 15.8 Å². The molecule has 0 unspecified atom stereocenters. The number of aryl methyl sites for hydroxylation is 1. The molecule has 5 nitrogen and oxygen atoms in total. The molecule has 0 aliphatic heterocycles. The fourth-order valence-corrected chi connectivity index (χ4v) is 2.68. The minimum atomic E-state index is -4.65. The van der Waals surface area contributed by atoms with Crippen molar-refractivity contribution in [3.05, 3.63) is 82.9 Å². The monoisotopic (exact) mass is 419 g/mol. The van der Waals surface area contributed by atoms with Crippen LogP contribution in [0.3, 0.4) is 0 Å². The molecule has 0 radical (unpaired) electrons. The van der Waals surface area contributed by atoms with Crippen LogP contribution in [0, 0.1) is 12.7 Å². The van der Waals surface area contributed by atoms with Gasteiger partial charge < -0.3 is 15.8 Å². The fourth-order valence-electron chi connectivity index (χ4n) is 2.68. The molecule has 0 saturated carbocycles. The van der Waals surface area contributed by atoms with Gasteiger partial charge in [-0.05, 0) is 61.0 Å². The number of carbonyl (C=O) groups excluding carboxylic acids is 1. The van der Waals surface area contributed by atoms with Gasteiger partial charge in [0, 0.05) is 18.4 Å². The highest BCUT2D eigenvalue weighted by atomic mass is 19.4. The van der Waals surface area contributed by atoms with E-state index in [1.807, 2.05) is 0 Å². The molecular weight excluding hydrogens is 402 g/mol. The van der Waals surface area contributed by atoms with E-state index < -0.39 is 23.5 Å². The largest absolute Gasteiger partial charge is 0.456 e. The molecule has 0 fully saturated rings. The number of benzene rings is 2. The topological polar surface area (TPSA) is 77.2 Å². The van der Waals surface area contributed by atoms with Gasteiger partial charge in [-0.1, -0.05) is 0 Å². The number of nitrogens with two attached hydrogens (primary N) is 1. The molecule has 1 amide bonds. The molecule has 1 aromatic heterocycles. The van der Waals surface area contributed by atoms with Crippen LogP contribution in [0.15, 0.2) is 54.7 Å². The number of nitrogens with one attached hydrogen (secondary N) is 1. The Morgan fingerprint density at radius 1 is 1.10 bits per heavy atom. The molecular formula is C21H17F4N3O2. The summed E-state index contributed by atoms with van der Waals surface area (Å²) in [6.07, 6.45) is -3.23. The van der Waals surface area contributed by atoms with Gasteiger partial charge in [-0.2, -0.15) is 13.2 Å². The Morgan fingerprint density at radius 3 is 2.50 bits per heavy atom. The zero-order chi connectivity index (χ0) is 21.9. The summed E-state index contributed by atoms with van der Waals surface area (Å²) in [7, 11) is 0. The SMILES string of the molecule is Cc1cc(F)ccc1Oc1ccc(C(F)(F)F)cc1C(=O)Nc1ccnc(CN)c1. The molecule has 3 aromatic rings. The summed E-state index contributed by atoms with van der Waals surface area (Å²) in [5, 5.41) is 2.52. The van der Waals surface area contributed by atoms with Gasteiger partial charge in [0.1, 0.15) is 17.3 Å². The minimum Gasteiger partial charge on any atom is -0.456 e. The molecule has 0 bridgehead atoms. The first-order valence-corrected chi connectivity index (χ1v) is 8.79. The summed E-state index contributed by atoms with van der Waals surface area (Å²) < 4.78 is 58.5. The predicted molar refractivity (Wildman–Crippen MR) is 103 cm³/mol. The standard InChI is InChI=1S/C21H17F4N3O2/c1-12-8-14(22)3-5-18(12)30-19-4-2-13(21(23,24)25)9-17(19)20(29)28-15-6-7-27-16(10-15)11-26/h2-10H,11,26H2,1H3,(H,27,28,29). The minimum absolute atomic E-state index is 0.108. The van der Waals surface area contributed by atoms with Crippen molar-refractivity contribution < 1.29 is 27.1 Å². The van der Waals surface area contributed by atoms with E-state index in [0.29, 0.717) is 23.0 Å². The van der Waals surface area contributed by atoms with Crippen molar-refractivity contribution in [3.63, 3.8) is 0 Å². The second-order valence-corrected chi connectivity index (χ2v) is 6.41. The van der Waals surface area contributed by atoms with Crippen LogP contribution in [0.4, 0.5) is 23.2 Å². The van der Waals surface area contributed by atoms with Gasteiger partial charge in [-0.25, -0.2) is 4.39 Å². The highest BCUT2D eigenvalue weighted by molar-refractivity contribution is 6.06. The zero-order valence-electron chi connectivity index (χ0n) is 15.8. The van der Waals surface area contributed by atoms with Gasteiger partial charge >= 0.3 is 6.18 Å². The van der Waals surface area contributed by atoms with Gasteiger partial charge in [0.15, 0.2) is 0 Å². The summed E-state index contributed by atoms with van der Waals surface area (Å²) in [4.78, 5) is 16.8. The molecule has 2 aromatic carbocycles. The van der Waals surface area contributed by atoms with E-state index in [4.69, 9.17) is 10.5 Å². The third kappa shape index (κ3) is 4.93. The average Bonchev–Trinajstić information content (AvgIpc) is 2.69. The van der Waals surface area contributed by atoms with Crippen LogP contribution in [-0.4, -0.2) is 10.9 Å². The molecule has 1 heterocycles. The van der Waals surface area contributed by atoms with E-state index in [1.165, 1.54) is 30.5 Å². The number of hydrogen-bond acceptors (Lipinski definition) is 4. The second-order valence-electron chi connectivity index (χ2n) is 6.41. The number of pyridine rings is 1. The third-order valence-electron chi connectivity index (χ3n) is 4.19. The number of alkyl halides is 3. The van der Waals surface area contributed by atoms with Crippen LogP contribution in [0.5, 0.6) is 11.5 Å². The first kappa shape index (κ1) is 21.3. The number of amides is 1. The number of aromatic nitrogens is 1. The van der Waals surface area contributed by atoms with Crippen LogP contribution in [0.2, 0.25) is 0 Å². The van der Waals surface area contributed by atoms with Crippen LogP contribution in [-0.2, 0) is 12.7 Å². The molecule has 0 spiro atoms. The number of carbonyl (C=O) groups is 1. The van der Waals surface area contributed by atoms with Crippen LogP contribution in [0.1, 0.15) is 27.2 Å². The Bertz CT molecular complexity index is 1080. The summed E-state index contributed by atoms with van der Waals surface area (Å²) >= 11 is 0. The number of hydrogen-bond donors (Lipinski definition) is 2. The lowest BCUT2D eigenvalue weighted by molar-refractivity contribution is -0.137. The van der Waals surface area contributed by atoms with E-state index in [9.17, 15) is 22.4 Å². The normalized spacial score (nSPS) is 11.3. The highest BCUT2D eigenvalue weighted by Gasteiger charge is 2.32. The fraction of sp³-hybridized carbons (Fsp3) is 0.143. The lowest BCUT2D eigenvalue weighted by atomic mass is 10.1. The summed E-state index contributed by atoms with van der Waals surface area (Å²) in [5.41, 5.74) is 5.41. The number of anilines is 1. The molecule has 9 heteroatoms. The molecule has 156 valence electrons. The Balaban J connectivity index is 1.99. The Hall–Kier alpha value is -3.46. The second kappa shape index (κ2) is 8.50. The lowest BCUT2D eigenvalue weighted by Crippen LogP contribution is -2.16. The van der Waals surface area contributed by atoms with E-state index >= 15 is 0 Å². The van der Waals surface area contributed by atoms with E-state index in [2.05, 4.69) is 10.3 Å². The molecule has 30 heavy (non-hydrogen) atoms. The number of ether oxygens (including phenoxy) is 1. The van der Waals surface area contributed by atoms with Crippen molar-refractivity contribution in [3.8, 4) is 11.5 Å². The van der Waals surface area contributed by atoms with Crippen molar-refractivity contribution in [1.82, 2.24) is 4.98 Å². The Labute approximate surface area is 169 Å². The Morgan fingerprint density at radius 2 is 1.83 bits per heavy atom. The van der Waals surface area contributed by atoms with Crippen LogP contribution >= 0.6 is 0 Å². The van der Waals surface area contributed by atoms with Crippen molar-refractivity contribution in [2.45, 2.75) is 19.6 Å². The van der Waals surface area contributed by atoms with Gasteiger partial charge in [-0.3, -0.25) is 9.78 Å². The maximum Gasteiger partial charge on any atom is 0.416 e. The van der Waals surface area contributed by atoms with E-state index in [-0.39, 0.29) is 23.6 Å². The maximum absolute atomic E-state index is 13.3. The molecule has 3 N–H and O–H groups in total. The van der Waals surface area contributed by atoms with Crippen molar-refractivity contribution >= 4 is 11.6 Å². The highest BCUT2D eigenvalue weighted by Crippen LogP contribution is 2.35. The smallest absolute Gasteiger partial charge is 0.416 e. The van der Waals surface area contributed by atoms with Crippen molar-refractivity contribution in [2.24, 2.45) is 5.73 Å². The number of nitrogens with zero attached hydrogens (tertiary/aromatic N) is 1. The van der Waals surface area contributed by atoms with E-state index in [1.54, 1.807) is 6.92 Å². The van der Waals surface area contributed by atoms with E-state index in [0.717, 1.165) is 18.2 Å². The quantitative estimate of drug-likeness (QED) is 0.568. The molecule has 0 aliphatic rings. The Kier molecular flexibility index (Phi) is 6.02. The van der Waals surface area contributed by atoms with Gasteiger partial charge in [0.25, 0.3) is 5.91 Å². The summed E-state index contributed by atoms with van der Waals surface area (Å²) in [5.74, 6) is -1.20. The van der Waals surface area contributed by atoms with Crippen molar-refractivity contribution in [2.75, 3.05) is 5.32 Å². The van der Waals surface area contributed by atoms with Gasteiger partial charge in [0.2, 0.25) is 0 Å². The maximum atomic E-state index is 13.3. The summed E-state index contributed by atoms with van der Waals surface area (Å²) in [6.45, 7) is 1.71. The number of rotatable bonds is 5. The molecule has 0 saturated heterocycles. The predicted octanol–water partition coefficient (Wildman–Crippen LogP) is 5.05. The lowest BCUT2D eigenvalue weighted by Gasteiger charge is -2.15. The van der Waals surface area contributed by atoms with Gasteiger partial charge in [0.05, 0.1) is 16.8 Å². The van der Waals surface area contributed by atoms with Crippen LogP contribution in [0.25, 0.3) is 0 Å². The van der Waals surface area contributed by atoms with Gasteiger partial charge in [-0.15, -0.1) is 0 Å². The zero-order valence-corrected chi connectivity index (χ0v) is 15.8. The average molecular weight is 419 g/mol. The first-order valence-electron chi connectivity index (χ1n) is 8.79. The molecule has 0 atom stereocenters. The molecule has 3 rings (SSSR count). The van der Waals surface area contributed by atoms with Crippen molar-refractivity contribution in [1.29, 1.82) is 0 Å². The number of halogens is 4. The third-order valence-corrected chi connectivity index (χ3v) is 4.19. The molecule has 0 aliphatic carbocycles.